The van der Waals surface area contributed by atoms with Crippen molar-refractivity contribution in [2.75, 3.05) is 6.16 Å². The minimum atomic E-state index is -2.52. The van der Waals surface area contributed by atoms with Crippen molar-refractivity contribution in [1.82, 2.24) is 5.32 Å². The Morgan fingerprint density at radius 1 is 0.857 bits per heavy atom. The highest BCUT2D eigenvalue weighted by atomic mass is 31.2. The zero-order chi connectivity index (χ0) is 30.8. The van der Waals surface area contributed by atoms with Gasteiger partial charge in [0.25, 0.3) is 0 Å². The van der Waals surface area contributed by atoms with Crippen molar-refractivity contribution >= 4 is 47.8 Å². The Balaban J connectivity index is 1.87. The Bertz CT molecular complexity index is 1330. The lowest BCUT2D eigenvalue weighted by molar-refractivity contribution is -0.139. The van der Waals surface area contributed by atoms with E-state index in [9.17, 15) is 14.7 Å². The van der Waals surface area contributed by atoms with Crippen LogP contribution >= 0.6 is 7.26 Å². The minimum absolute atomic E-state index is 0.184. The van der Waals surface area contributed by atoms with Gasteiger partial charge in [0, 0.05) is 11.9 Å². The largest absolute Gasteiger partial charge is 0.498 e. The fourth-order valence-corrected chi connectivity index (χ4v) is 9.79. The lowest BCUT2D eigenvalue weighted by Gasteiger charge is -2.32. The van der Waals surface area contributed by atoms with Crippen molar-refractivity contribution in [2.24, 2.45) is 0 Å². The van der Waals surface area contributed by atoms with Gasteiger partial charge < -0.3 is 24.5 Å². The van der Waals surface area contributed by atoms with Crippen molar-refractivity contribution in [1.29, 1.82) is 0 Å². The SMILES string of the molecule is CC(C)(C)OC(=O)NC(CC[P+](c1ccccc1)(c1ccccc1)c1ccccc1B1OC(C)(C)C(C)(C)O1)C(=O)O. The quantitative estimate of drug-likeness (QED) is 0.279. The lowest BCUT2D eigenvalue weighted by atomic mass is 9.79. The van der Waals surface area contributed by atoms with E-state index in [2.05, 4.69) is 35.6 Å². The summed E-state index contributed by atoms with van der Waals surface area (Å²) in [4.78, 5) is 25.1. The number of benzene rings is 3. The van der Waals surface area contributed by atoms with Gasteiger partial charge in [-0.25, -0.2) is 9.59 Å². The van der Waals surface area contributed by atoms with E-state index in [4.69, 9.17) is 14.0 Å². The molecule has 0 aromatic heterocycles. The van der Waals surface area contributed by atoms with Crippen LogP contribution in [0.4, 0.5) is 4.79 Å². The van der Waals surface area contributed by atoms with Crippen LogP contribution in [0.25, 0.3) is 0 Å². The molecule has 1 unspecified atom stereocenters. The van der Waals surface area contributed by atoms with Crippen LogP contribution in [0.2, 0.25) is 0 Å². The second-order valence-electron chi connectivity index (χ2n) is 12.7. The van der Waals surface area contributed by atoms with E-state index in [-0.39, 0.29) is 6.42 Å². The number of hydrogen-bond acceptors (Lipinski definition) is 5. The number of carbonyl (C=O) groups is 2. The lowest BCUT2D eigenvalue weighted by Crippen LogP contribution is -2.50. The number of aliphatic carboxylic acids is 1. The summed E-state index contributed by atoms with van der Waals surface area (Å²) in [5, 5.41) is 16.0. The molecule has 1 fully saturated rings. The van der Waals surface area contributed by atoms with Crippen LogP contribution in [0.15, 0.2) is 84.9 Å². The number of ether oxygens (including phenoxy) is 1. The summed E-state index contributed by atoms with van der Waals surface area (Å²) in [6.07, 6.45) is -0.0930. The molecule has 2 N–H and O–H groups in total. The standard InChI is InChI=1S/C33H41BNO6P/c1-31(2,3)39-30(38)35-27(29(36)37)22-23-42(24-16-10-8-11-17-24,25-18-12-9-13-19-25)28-21-15-14-20-26(28)34-40-32(4,5)33(6,7)41-34/h8-21,27H,22-23H2,1-7H3,(H-,35,36,37,38)/p+1. The second-order valence-corrected chi connectivity index (χ2v) is 16.3. The van der Waals surface area contributed by atoms with E-state index >= 15 is 0 Å². The maximum atomic E-state index is 12.6. The van der Waals surface area contributed by atoms with Crippen LogP contribution in [0.3, 0.4) is 0 Å². The van der Waals surface area contributed by atoms with Gasteiger partial charge in [-0.05, 0) is 78.8 Å². The van der Waals surface area contributed by atoms with Crippen molar-refractivity contribution in [3.63, 3.8) is 0 Å². The summed E-state index contributed by atoms with van der Waals surface area (Å²) in [6.45, 7) is 13.4. The molecule has 1 aliphatic heterocycles. The van der Waals surface area contributed by atoms with E-state index < -0.39 is 49.3 Å². The third kappa shape index (κ3) is 6.72. The highest BCUT2D eigenvalue weighted by molar-refractivity contribution is 7.96. The van der Waals surface area contributed by atoms with Gasteiger partial charge in [0.2, 0.25) is 0 Å². The van der Waals surface area contributed by atoms with E-state index in [0.29, 0.717) is 6.16 Å². The molecule has 9 heteroatoms. The first-order chi connectivity index (χ1) is 19.7. The van der Waals surface area contributed by atoms with Crippen LogP contribution < -0.4 is 26.7 Å². The molecule has 222 valence electrons. The molecular formula is C33H42BNO6P+. The normalized spacial score (nSPS) is 17.0. The van der Waals surface area contributed by atoms with Crippen LogP contribution in [-0.4, -0.2) is 53.3 Å². The Kier molecular flexibility index (Phi) is 9.22. The maximum absolute atomic E-state index is 12.6. The average molecular weight is 590 g/mol. The number of nitrogens with one attached hydrogen (secondary N) is 1. The van der Waals surface area contributed by atoms with E-state index in [1.54, 1.807) is 20.8 Å². The molecule has 0 radical (unpaired) electrons. The summed E-state index contributed by atoms with van der Waals surface area (Å²) in [6, 6.07) is 27.5. The Morgan fingerprint density at radius 3 is 1.81 bits per heavy atom. The van der Waals surface area contributed by atoms with Crippen molar-refractivity contribution in [3.8, 4) is 0 Å². The third-order valence-electron chi connectivity index (χ3n) is 7.99. The van der Waals surface area contributed by atoms with Gasteiger partial charge in [-0.2, -0.15) is 0 Å². The van der Waals surface area contributed by atoms with Crippen LogP contribution in [0.1, 0.15) is 54.9 Å². The van der Waals surface area contributed by atoms with Gasteiger partial charge in [-0.1, -0.05) is 54.6 Å². The van der Waals surface area contributed by atoms with E-state index in [1.165, 1.54) is 0 Å². The summed E-state index contributed by atoms with van der Waals surface area (Å²) < 4.78 is 18.5. The first-order valence-corrected chi connectivity index (χ1v) is 16.3. The molecule has 0 spiro atoms. The third-order valence-corrected chi connectivity index (χ3v) is 12.5. The van der Waals surface area contributed by atoms with Gasteiger partial charge >= 0.3 is 19.2 Å². The van der Waals surface area contributed by atoms with Gasteiger partial charge in [-0.3, -0.25) is 0 Å². The number of amides is 1. The summed E-state index contributed by atoms with van der Waals surface area (Å²) >= 11 is 0. The molecule has 7 nitrogen and oxygen atoms in total. The molecule has 1 aliphatic rings. The van der Waals surface area contributed by atoms with E-state index in [1.807, 2.05) is 82.3 Å². The first kappa shape index (κ1) is 31.7. The number of carboxylic acids is 1. The fourth-order valence-electron chi connectivity index (χ4n) is 5.21. The molecule has 3 aromatic carbocycles. The highest BCUT2D eigenvalue weighted by Crippen LogP contribution is 2.56. The Hall–Kier alpha value is -3.19. The molecule has 0 bridgehead atoms. The molecule has 1 atom stereocenters. The van der Waals surface area contributed by atoms with Crippen LogP contribution in [0, 0.1) is 0 Å². The molecular weight excluding hydrogens is 548 g/mol. The molecule has 42 heavy (non-hydrogen) atoms. The molecule has 1 heterocycles. The molecule has 0 saturated carbocycles. The topological polar surface area (TPSA) is 94.1 Å². The first-order valence-electron chi connectivity index (χ1n) is 14.3. The predicted molar refractivity (Wildman–Crippen MR) is 171 cm³/mol. The zero-order valence-corrected chi connectivity index (χ0v) is 26.5. The van der Waals surface area contributed by atoms with Crippen molar-refractivity contribution in [3.05, 3.63) is 84.9 Å². The summed E-state index contributed by atoms with van der Waals surface area (Å²) in [5.41, 5.74) is -0.891. The monoisotopic (exact) mass is 590 g/mol. The van der Waals surface area contributed by atoms with Crippen molar-refractivity contribution < 1.29 is 28.7 Å². The summed E-state index contributed by atoms with van der Waals surface area (Å²) in [7, 11) is -3.12. The number of alkyl carbamates (subject to hydrolysis) is 1. The second kappa shape index (κ2) is 12.2. The van der Waals surface area contributed by atoms with Crippen LogP contribution in [-0.2, 0) is 18.8 Å². The van der Waals surface area contributed by atoms with Gasteiger partial charge in [0.05, 0.1) is 17.4 Å². The minimum Gasteiger partial charge on any atom is -0.480 e. The number of carboxylic acid groups (broad SMARTS) is 1. The molecule has 1 saturated heterocycles. The fraction of sp³-hybridized carbons (Fsp3) is 0.394. The number of carbonyl (C=O) groups excluding carboxylic acids is 1. The molecule has 3 aromatic rings. The highest BCUT2D eigenvalue weighted by Gasteiger charge is 2.55. The van der Waals surface area contributed by atoms with Gasteiger partial charge in [0.1, 0.15) is 34.8 Å². The Morgan fingerprint density at radius 2 is 1.33 bits per heavy atom. The van der Waals surface area contributed by atoms with Gasteiger partial charge in [-0.15, -0.1) is 0 Å². The van der Waals surface area contributed by atoms with Crippen LogP contribution in [0.5, 0.6) is 0 Å². The van der Waals surface area contributed by atoms with Crippen molar-refractivity contribution in [2.45, 2.75) is 77.7 Å². The Labute approximate surface area is 250 Å². The number of hydrogen-bond donors (Lipinski definition) is 2. The van der Waals surface area contributed by atoms with E-state index in [0.717, 1.165) is 21.4 Å². The smallest absolute Gasteiger partial charge is 0.480 e. The molecule has 1 amide bonds. The summed E-state index contributed by atoms with van der Waals surface area (Å²) in [5.74, 6) is -1.11. The molecule has 0 aliphatic carbocycles. The maximum Gasteiger partial charge on any atom is 0.498 e. The number of rotatable bonds is 9. The average Bonchev–Trinajstić information content (AvgIpc) is 3.15. The molecule has 4 rings (SSSR count). The predicted octanol–water partition coefficient (Wildman–Crippen LogP) is 4.65. The van der Waals surface area contributed by atoms with Gasteiger partial charge in [0.15, 0.2) is 0 Å². The zero-order valence-electron chi connectivity index (χ0n) is 25.6.